The average Bonchev–Trinajstić information content (AvgIpc) is 2.77. The summed E-state index contributed by atoms with van der Waals surface area (Å²) in [6.45, 7) is 1.75. The van der Waals surface area contributed by atoms with Gasteiger partial charge >= 0.3 is 0 Å². The molecule has 1 aliphatic heterocycles. The Bertz CT molecular complexity index is 536. The Morgan fingerprint density at radius 2 is 2.33 bits per heavy atom. The zero-order chi connectivity index (χ0) is 15.0. The van der Waals surface area contributed by atoms with E-state index in [9.17, 15) is 9.90 Å². The molecule has 1 saturated carbocycles. The first-order valence-electron chi connectivity index (χ1n) is 7.52. The Labute approximate surface area is 124 Å². The van der Waals surface area contributed by atoms with Crippen molar-refractivity contribution in [3.8, 4) is 0 Å². The molecule has 0 aromatic carbocycles. The quantitative estimate of drug-likeness (QED) is 0.891. The lowest BCUT2D eigenvalue weighted by Gasteiger charge is -2.39. The first-order chi connectivity index (χ1) is 10.0. The fraction of sp³-hybridized carbons (Fsp3) is 0.733. The number of carbonyl (C=O) groups excluding carboxylic acids is 1. The number of carbonyl (C=O) groups is 1. The van der Waals surface area contributed by atoms with Crippen molar-refractivity contribution in [2.45, 2.75) is 43.7 Å². The first-order valence-corrected chi connectivity index (χ1v) is 7.52. The van der Waals surface area contributed by atoms with E-state index in [2.05, 4.69) is 5.10 Å². The smallest absolute Gasteiger partial charge is 0.225 e. The molecule has 1 unspecified atom stereocenters. The van der Waals surface area contributed by atoms with E-state index in [1.54, 1.807) is 11.8 Å². The first kappa shape index (κ1) is 14.5. The summed E-state index contributed by atoms with van der Waals surface area (Å²) in [5, 5.41) is 14.7. The molecule has 6 nitrogen and oxygen atoms in total. The van der Waals surface area contributed by atoms with Crippen LogP contribution in [0.3, 0.4) is 0 Å². The highest BCUT2D eigenvalue weighted by atomic mass is 16.5. The molecule has 0 spiro atoms. The van der Waals surface area contributed by atoms with Crippen LogP contribution in [0.25, 0.3) is 0 Å². The highest BCUT2D eigenvalue weighted by Gasteiger charge is 2.39. The maximum Gasteiger partial charge on any atom is 0.225 e. The number of fused-ring (bicyclic) bond motifs is 1. The van der Waals surface area contributed by atoms with Crippen molar-refractivity contribution in [3.63, 3.8) is 0 Å². The molecule has 116 valence electrons. The number of nitrogens with zero attached hydrogens (tertiary/aromatic N) is 3. The number of aromatic nitrogens is 2. The largest absolute Gasteiger partial charge is 0.389 e. The zero-order valence-electron chi connectivity index (χ0n) is 12.7. The molecule has 21 heavy (non-hydrogen) atoms. The molecule has 2 aliphatic rings. The van der Waals surface area contributed by atoms with Gasteiger partial charge in [-0.25, -0.2) is 0 Å². The van der Waals surface area contributed by atoms with Gasteiger partial charge in [0.25, 0.3) is 0 Å². The number of ether oxygens (including phenoxy) is 1. The maximum atomic E-state index is 12.5. The number of amides is 1. The van der Waals surface area contributed by atoms with E-state index >= 15 is 0 Å². The number of aliphatic hydroxyl groups is 1. The van der Waals surface area contributed by atoms with Crippen molar-refractivity contribution in [2.75, 3.05) is 20.3 Å². The summed E-state index contributed by atoms with van der Waals surface area (Å²) in [5.74, 6) is 0.146. The van der Waals surface area contributed by atoms with Gasteiger partial charge in [0.1, 0.15) is 0 Å². The van der Waals surface area contributed by atoms with Gasteiger partial charge in [-0.2, -0.15) is 5.10 Å². The van der Waals surface area contributed by atoms with Gasteiger partial charge in [0.15, 0.2) is 0 Å². The van der Waals surface area contributed by atoms with E-state index in [0.29, 0.717) is 19.7 Å². The fourth-order valence-corrected chi connectivity index (χ4v) is 3.32. The number of rotatable bonds is 4. The number of hydrogen-bond donors (Lipinski definition) is 1. The summed E-state index contributed by atoms with van der Waals surface area (Å²) in [6, 6.07) is 0. The van der Waals surface area contributed by atoms with Crippen molar-refractivity contribution in [2.24, 2.45) is 7.05 Å². The van der Waals surface area contributed by atoms with Gasteiger partial charge in [-0.15, -0.1) is 0 Å². The predicted octanol–water partition coefficient (Wildman–Crippen LogP) is 0.797. The van der Waals surface area contributed by atoms with Gasteiger partial charge < -0.3 is 14.7 Å². The normalized spacial score (nSPS) is 23.6. The van der Waals surface area contributed by atoms with E-state index in [4.69, 9.17) is 4.74 Å². The summed E-state index contributed by atoms with van der Waals surface area (Å²) in [6.07, 6.45) is 4.71. The maximum absolute atomic E-state index is 12.5. The third kappa shape index (κ3) is 2.82. The van der Waals surface area contributed by atoms with E-state index in [0.717, 1.165) is 30.5 Å². The molecule has 3 rings (SSSR count). The van der Waals surface area contributed by atoms with Crippen LogP contribution in [0, 0.1) is 0 Å². The zero-order valence-corrected chi connectivity index (χ0v) is 12.7. The lowest BCUT2D eigenvalue weighted by atomic mass is 9.77. The van der Waals surface area contributed by atoms with Crippen molar-refractivity contribution in [1.82, 2.24) is 14.7 Å². The van der Waals surface area contributed by atoms with Crippen molar-refractivity contribution in [3.05, 3.63) is 17.5 Å². The molecule has 1 amide bonds. The van der Waals surface area contributed by atoms with Gasteiger partial charge in [0, 0.05) is 44.9 Å². The molecule has 0 radical (unpaired) electrons. The second kappa shape index (κ2) is 5.42. The molecule has 1 atom stereocenters. The minimum absolute atomic E-state index is 0.0350. The molecule has 1 N–H and O–H groups in total. The van der Waals surface area contributed by atoms with E-state index < -0.39 is 5.60 Å². The van der Waals surface area contributed by atoms with Gasteiger partial charge in [-0.1, -0.05) is 0 Å². The molecule has 1 fully saturated rings. The average molecular weight is 293 g/mol. The summed E-state index contributed by atoms with van der Waals surface area (Å²) in [7, 11) is 3.56. The Balaban J connectivity index is 1.74. The molecule has 1 aliphatic carbocycles. The van der Waals surface area contributed by atoms with Crippen LogP contribution < -0.4 is 0 Å². The Kier molecular flexibility index (Phi) is 3.75. The minimum atomic E-state index is -0.761. The monoisotopic (exact) mass is 293 g/mol. The second-order valence-corrected chi connectivity index (χ2v) is 6.39. The molecular formula is C15H23N3O3. The Hall–Kier alpha value is -1.40. The number of methoxy groups -OCH3 is 1. The van der Waals surface area contributed by atoms with Gasteiger partial charge in [-0.3, -0.25) is 9.48 Å². The van der Waals surface area contributed by atoms with Crippen molar-refractivity contribution < 1.29 is 14.6 Å². The Morgan fingerprint density at radius 1 is 1.57 bits per heavy atom. The molecule has 0 bridgehead atoms. The van der Waals surface area contributed by atoms with Crippen molar-refractivity contribution >= 4 is 5.91 Å². The third-order valence-corrected chi connectivity index (χ3v) is 4.61. The summed E-state index contributed by atoms with van der Waals surface area (Å²) in [5.41, 5.74) is 1.36. The fourth-order valence-electron chi connectivity index (χ4n) is 3.32. The van der Waals surface area contributed by atoms with Gasteiger partial charge in [0.05, 0.1) is 24.3 Å². The molecule has 6 heteroatoms. The van der Waals surface area contributed by atoms with Crippen LogP contribution in [0.15, 0.2) is 6.20 Å². The molecular weight excluding hydrogens is 270 g/mol. The summed E-state index contributed by atoms with van der Waals surface area (Å²) in [4.78, 5) is 14.3. The molecule has 1 aromatic rings. The number of aryl methyl sites for hydroxylation is 1. The lowest BCUT2D eigenvalue weighted by Crippen LogP contribution is -2.46. The lowest BCUT2D eigenvalue weighted by molar-refractivity contribution is -0.141. The van der Waals surface area contributed by atoms with E-state index in [1.807, 2.05) is 18.1 Å². The topological polar surface area (TPSA) is 67.6 Å². The molecule has 1 aromatic heterocycles. The molecule has 2 heterocycles. The van der Waals surface area contributed by atoms with Crippen LogP contribution >= 0.6 is 0 Å². The van der Waals surface area contributed by atoms with Crippen LogP contribution in [0.2, 0.25) is 0 Å². The van der Waals surface area contributed by atoms with E-state index in [-0.39, 0.29) is 18.2 Å². The Morgan fingerprint density at radius 3 is 2.95 bits per heavy atom. The number of hydrogen-bond acceptors (Lipinski definition) is 4. The van der Waals surface area contributed by atoms with Crippen LogP contribution in [0.1, 0.15) is 42.9 Å². The summed E-state index contributed by atoms with van der Waals surface area (Å²) < 4.78 is 7.06. The highest BCUT2D eigenvalue weighted by molar-refractivity contribution is 5.77. The van der Waals surface area contributed by atoms with Gasteiger partial charge in [0.2, 0.25) is 5.91 Å². The predicted molar refractivity (Wildman–Crippen MR) is 76.7 cm³/mol. The summed E-state index contributed by atoms with van der Waals surface area (Å²) >= 11 is 0. The van der Waals surface area contributed by atoms with Gasteiger partial charge in [-0.05, 0) is 19.3 Å². The van der Waals surface area contributed by atoms with E-state index in [1.165, 1.54) is 0 Å². The van der Waals surface area contributed by atoms with Crippen molar-refractivity contribution in [1.29, 1.82) is 0 Å². The van der Waals surface area contributed by atoms with Crippen LogP contribution in [-0.2, 0) is 23.1 Å². The van der Waals surface area contributed by atoms with Crippen LogP contribution in [0.5, 0.6) is 0 Å². The third-order valence-electron chi connectivity index (χ3n) is 4.61. The second-order valence-electron chi connectivity index (χ2n) is 6.39. The molecule has 0 saturated heterocycles. The minimum Gasteiger partial charge on any atom is -0.389 e. The van der Waals surface area contributed by atoms with Crippen LogP contribution in [-0.4, -0.2) is 51.6 Å². The SMILES string of the molecule is COCC1CN(C(=O)CC2(O)CCC2)Cc2cn(C)nc21. The highest BCUT2D eigenvalue weighted by Crippen LogP contribution is 2.36. The standard InChI is InChI=1S/C15H23N3O3/c1-17-7-11-8-18(9-12(10-21-2)14(11)16-17)13(19)6-15(20)4-3-5-15/h7,12,20H,3-6,8-10H2,1-2H3. The van der Waals surface area contributed by atoms with Crippen LogP contribution in [0.4, 0.5) is 0 Å².